The van der Waals surface area contributed by atoms with E-state index < -0.39 is 0 Å². The molecule has 3 aromatic rings. The van der Waals surface area contributed by atoms with Crippen LogP contribution in [0.4, 0.5) is 4.39 Å². The molecule has 0 N–H and O–H groups in total. The van der Waals surface area contributed by atoms with Gasteiger partial charge in [0, 0.05) is 20.1 Å². The van der Waals surface area contributed by atoms with E-state index in [1.165, 1.54) is 12.1 Å². The zero-order chi connectivity index (χ0) is 20.8. The number of fused-ring (bicyclic) bond motifs is 1. The smallest absolute Gasteiger partial charge is 0.236 e. The van der Waals surface area contributed by atoms with Crippen molar-refractivity contribution in [2.45, 2.75) is 13.0 Å². The molecule has 0 heterocycles. The third-order valence-electron chi connectivity index (χ3n) is 5.06. The maximum atomic E-state index is 13.0. The fourth-order valence-corrected chi connectivity index (χ4v) is 3.26. The van der Waals surface area contributed by atoms with Crippen molar-refractivity contribution >= 4 is 16.7 Å². The zero-order valence-electron chi connectivity index (χ0n) is 17.2. The maximum Gasteiger partial charge on any atom is 0.236 e. The lowest BCUT2D eigenvalue weighted by atomic mass is 10.1. The summed E-state index contributed by atoms with van der Waals surface area (Å²) in [7, 11) is 5.42. The van der Waals surface area contributed by atoms with E-state index >= 15 is 0 Å². The van der Waals surface area contributed by atoms with Gasteiger partial charge < -0.3 is 9.64 Å². The number of ether oxygens (including phenoxy) is 1. The van der Waals surface area contributed by atoms with E-state index in [-0.39, 0.29) is 11.7 Å². The summed E-state index contributed by atoms with van der Waals surface area (Å²) in [6, 6.07) is 18.7. The van der Waals surface area contributed by atoms with E-state index in [4.69, 9.17) is 4.74 Å². The summed E-state index contributed by atoms with van der Waals surface area (Å²) in [5.41, 5.74) is 2.15. The number of amides is 1. The van der Waals surface area contributed by atoms with E-state index in [1.54, 1.807) is 24.1 Å². The summed E-state index contributed by atoms with van der Waals surface area (Å²) in [5, 5.41) is 2.24. The summed E-state index contributed by atoms with van der Waals surface area (Å²) in [6.07, 6.45) is 0.780. The SMILES string of the molecule is COc1ccc2cc(CN(C)C(=O)CN(C)CCc3ccc(F)cc3)ccc2c1. The third kappa shape index (κ3) is 5.78. The quantitative estimate of drug-likeness (QED) is 0.576. The highest BCUT2D eigenvalue weighted by Gasteiger charge is 2.12. The number of likely N-dealkylation sites (N-methyl/N-ethyl adjacent to an activating group) is 2. The molecule has 0 fully saturated rings. The summed E-state index contributed by atoms with van der Waals surface area (Å²) < 4.78 is 18.2. The van der Waals surface area contributed by atoms with Gasteiger partial charge in [-0.15, -0.1) is 0 Å². The van der Waals surface area contributed by atoms with Crippen LogP contribution in [0.25, 0.3) is 10.8 Å². The Morgan fingerprint density at radius 3 is 2.31 bits per heavy atom. The number of hydrogen-bond donors (Lipinski definition) is 0. The average Bonchev–Trinajstić information content (AvgIpc) is 2.72. The Hall–Kier alpha value is -2.92. The van der Waals surface area contributed by atoms with Gasteiger partial charge in [0.1, 0.15) is 11.6 Å². The highest BCUT2D eigenvalue weighted by molar-refractivity contribution is 5.84. The van der Waals surface area contributed by atoms with Gasteiger partial charge >= 0.3 is 0 Å². The Balaban J connectivity index is 1.52. The van der Waals surface area contributed by atoms with Gasteiger partial charge in [-0.05, 0) is 65.7 Å². The number of halogens is 1. The molecule has 29 heavy (non-hydrogen) atoms. The summed E-state index contributed by atoms with van der Waals surface area (Å²) in [6.45, 7) is 1.65. The predicted molar refractivity (Wildman–Crippen MR) is 115 cm³/mol. The summed E-state index contributed by atoms with van der Waals surface area (Å²) >= 11 is 0. The summed E-state index contributed by atoms with van der Waals surface area (Å²) in [5.74, 6) is 0.675. The molecule has 3 aromatic carbocycles. The van der Waals surface area contributed by atoms with E-state index in [1.807, 2.05) is 43.3 Å². The van der Waals surface area contributed by atoms with Crippen molar-refractivity contribution in [2.75, 3.05) is 34.3 Å². The minimum absolute atomic E-state index is 0.0708. The van der Waals surface area contributed by atoms with Crippen LogP contribution in [0, 0.1) is 5.82 Å². The van der Waals surface area contributed by atoms with Gasteiger partial charge in [-0.2, -0.15) is 0 Å². The first kappa shape index (κ1) is 20.8. The lowest BCUT2D eigenvalue weighted by Gasteiger charge is -2.22. The minimum atomic E-state index is -0.230. The van der Waals surface area contributed by atoms with Crippen molar-refractivity contribution in [3.8, 4) is 5.75 Å². The van der Waals surface area contributed by atoms with Crippen LogP contribution in [-0.2, 0) is 17.8 Å². The maximum absolute atomic E-state index is 13.0. The van der Waals surface area contributed by atoms with Gasteiger partial charge in [-0.25, -0.2) is 4.39 Å². The molecule has 1 amide bonds. The van der Waals surface area contributed by atoms with Crippen molar-refractivity contribution in [1.82, 2.24) is 9.80 Å². The zero-order valence-corrected chi connectivity index (χ0v) is 17.2. The van der Waals surface area contributed by atoms with Crippen molar-refractivity contribution in [3.05, 3.63) is 77.6 Å². The van der Waals surface area contributed by atoms with Crippen LogP contribution in [0.3, 0.4) is 0 Å². The van der Waals surface area contributed by atoms with E-state index in [9.17, 15) is 9.18 Å². The molecular weight excluding hydrogens is 367 g/mol. The highest BCUT2D eigenvalue weighted by Crippen LogP contribution is 2.22. The number of methoxy groups -OCH3 is 1. The van der Waals surface area contributed by atoms with Gasteiger partial charge in [-0.3, -0.25) is 9.69 Å². The van der Waals surface area contributed by atoms with Gasteiger partial charge in [-0.1, -0.05) is 30.3 Å². The molecule has 0 bridgehead atoms. The first-order chi connectivity index (χ1) is 13.9. The van der Waals surface area contributed by atoms with E-state index in [0.29, 0.717) is 13.1 Å². The van der Waals surface area contributed by atoms with Crippen LogP contribution in [-0.4, -0.2) is 50.0 Å². The van der Waals surface area contributed by atoms with Gasteiger partial charge in [0.15, 0.2) is 0 Å². The second kappa shape index (κ2) is 9.52. The fraction of sp³-hybridized carbons (Fsp3) is 0.292. The number of carbonyl (C=O) groups is 1. The van der Waals surface area contributed by atoms with Crippen LogP contribution in [0.1, 0.15) is 11.1 Å². The third-order valence-corrected chi connectivity index (χ3v) is 5.06. The first-order valence-electron chi connectivity index (χ1n) is 9.68. The molecule has 0 aliphatic rings. The molecule has 0 atom stereocenters. The van der Waals surface area contributed by atoms with Crippen LogP contribution < -0.4 is 4.74 Å². The molecular formula is C24H27FN2O2. The monoisotopic (exact) mass is 394 g/mol. The number of nitrogens with zero attached hydrogens (tertiary/aromatic N) is 2. The molecule has 5 heteroatoms. The number of hydrogen-bond acceptors (Lipinski definition) is 3. The lowest BCUT2D eigenvalue weighted by Crippen LogP contribution is -2.37. The predicted octanol–water partition coefficient (Wildman–Crippen LogP) is 4.12. The van der Waals surface area contributed by atoms with Gasteiger partial charge in [0.2, 0.25) is 5.91 Å². The van der Waals surface area contributed by atoms with Gasteiger partial charge in [0.05, 0.1) is 13.7 Å². The van der Waals surface area contributed by atoms with Crippen molar-refractivity contribution < 1.29 is 13.9 Å². The topological polar surface area (TPSA) is 32.8 Å². The standard InChI is InChI=1S/C24H27FN2O2/c1-26(13-12-18-5-9-22(25)10-6-18)17-24(28)27(2)16-19-4-7-21-15-23(29-3)11-8-20(21)14-19/h4-11,14-15H,12-13,16-17H2,1-3H3. The Labute approximate surface area is 171 Å². The average molecular weight is 394 g/mol. The molecule has 0 spiro atoms. The molecule has 0 saturated carbocycles. The summed E-state index contributed by atoms with van der Waals surface area (Å²) in [4.78, 5) is 16.3. The molecule has 0 unspecified atom stereocenters. The first-order valence-corrected chi connectivity index (χ1v) is 9.68. The van der Waals surface area contributed by atoms with Crippen molar-refractivity contribution in [2.24, 2.45) is 0 Å². The molecule has 0 aliphatic carbocycles. The Morgan fingerprint density at radius 1 is 0.931 bits per heavy atom. The Bertz CT molecular complexity index is 972. The highest BCUT2D eigenvalue weighted by atomic mass is 19.1. The molecule has 4 nitrogen and oxygen atoms in total. The van der Waals surface area contributed by atoms with Crippen LogP contribution in [0.2, 0.25) is 0 Å². The van der Waals surface area contributed by atoms with Crippen LogP contribution in [0.15, 0.2) is 60.7 Å². The normalized spacial score (nSPS) is 11.1. The number of rotatable bonds is 8. The Morgan fingerprint density at radius 2 is 1.59 bits per heavy atom. The fourth-order valence-electron chi connectivity index (χ4n) is 3.26. The second-order valence-corrected chi connectivity index (χ2v) is 7.41. The minimum Gasteiger partial charge on any atom is -0.497 e. The largest absolute Gasteiger partial charge is 0.497 e. The van der Waals surface area contributed by atoms with Crippen molar-refractivity contribution in [1.29, 1.82) is 0 Å². The van der Waals surface area contributed by atoms with E-state index in [0.717, 1.165) is 40.6 Å². The molecule has 0 aromatic heterocycles. The Kier molecular flexibility index (Phi) is 6.83. The molecule has 0 saturated heterocycles. The lowest BCUT2D eigenvalue weighted by molar-refractivity contribution is -0.131. The molecule has 0 radical (unpaired) electrons. The van der Waals surface area contributed by atoms with Gasteiger partial charge in [0.25, 0.3) is 0 Å². The van der Waals surface area contributed by atoms with Crippen LogP contribution >= 0.6 is 0 Å². The second-order valence-electron chi connectivity index (χ2n) is 7.41. The van der Waals surface area contributed by atoms with E-state index in [2.05, 4.69) is 12.1 Å². The molecule has 0 aliphatic heterocycles. The van der Waals surface area contributed by atoms with Crippen LogP contribution in [0.5, 0.6) is 5.75 Å². The number of benzene rings is 3. The number of carbonyl (C=O) groups excluding carboxylic acids is 1. The van der Waals surface area contributed by atoms with Crippen molar-refractivity contribution in [3.63, 3.8) is 0 Å². The molecule has 3 rings (SSSR count). The molecule has 152 valence electrons.